The summed E-state index contributed by atoms with van der Waals surface area (Å²) in [4.78, 5) is 7.16. The fourth-order valence-electron chi connectivity index (χ4n) is 4.44. The van der Waals surface area contributed by atoms with Crippen LogP contribution < -0.4 is 14.5 Å². The van der Waals surface area contributed by atoms with Crippen LogP contribution in [0, 0.1) is 6.92 Å². The highest BCUT2D eigenvalue weighted by molar-refractivity contribution is 7.89. The van der Waals surface area contributed by atoms with Gasteiger partial charge in [-0.05, 0) is 54.4 Å². The summed E-state index contributed by atoms with van der Waals surface area (Å²) < 4.78 is 29.0. The number of hydrogen-bond acceptors (Lipinski definition) is 5. The predicted octanol–water partition coefficient (Wildman–Crippen LogP) is 3.90. The van der Waals surface area contributed by atoms with Crippen LogP contribution in [-0.4, -0.2) is 60.1 Å². The molecular formula is C27H34N4O2S. The number of sulfonamides is 1. The standard InChI is InChI=1S/C27H34N4O2S/c1-22-8-7-11-26(20-22)34(32,33)28-21-27(23-12-14-24(15-13-23)29(2)3)31-18-16-30(17-19-31)25-9-5-4-6-10-25/h4-15,20,27-28H,16-19,21H2,1-3H3/t27-/m1/s1. The summed E-state index contributed by atoms with van der Waals surface area (Å²) in [5.74, 6) is 0. The first-order valence-electron chi connectivity index (χ1n) is 11.7. The third-order valence-electron chi connectivity index (χ3n) is 6.44. The van der Waals surface area contributed by atoms with E-state index >= 15 is 0 Å². The van der Waals surface area contributed by atoms with Crippen LogP contribution in [-0.2, 0) is 10.0 Å². The first-order valence-corrected chi connectivity index (χ1v) is 13.2. The van der Waals surface area contributed by atoms with Gasteiger partial charge in [-0.3, -0.25) is 4.90 Å². The van der Waals surface area contributed by atoms with Gasteiger partial charge in [0.25, 0.3) is 0 Å². The molecule has 3 aromatic rings. The van der Waals surface area contributed by atoms with Crippen molar-refractivity contribution in [1.29, 1.82) is 0 Å². The predicted molar refractivity (Wildman–Crippen MR) is 140 cm³/mol. The molecule has 0 aromatic heterocycles. The van der Waals surface area contributed by atoms with Crippen LogP contribution in [0.3, 0.4) is 0 Å². The number of hydrogen-bond donors (Lipinski definition) is 1. The molecule has 0 aliphatic carbocycles. The molecule has 180 valence electrons. The maximum atomic E-state index is 13.0. The SMILES string of the molecule is Cc1cccc(S(=O)(=O)NC[C@H](c2ccc(N(C)C)cc2)N2CCN(c3ccccc3)CC2)c1. The molecule has 0 spiro atoms. The van der Waals surface area contributed by atoms with Crippen LogP contribution in [0.2, 0.25) is 0 Å². The smallest absolute Gasteiger partial charge is 0.240 e. The van der Waals surface area contributed by atoms with E-state index < -0.39 is 10.0 Å². The molecule has 3 aromatic carbocycles. The van der Waals surface area contributed by atoms with Gasteiger partial charge in [-0.15, -0.1) is 0 Å². The number of anilines is 2. The van der Waals surface area contributed by atoms with Gasteiger partial charge in [0.15, 0.2) is 0 Å². The lowest BCUT2D eigenvalue weighted by Gasteiger charge is -2.40. The van der Waals surface area contributed by atoms with Crippen LogP contribution in [0.25, 0.3) is 0 Å². The molecule has 6 nitrogen and oxygen atoms in total. The van der Waals surface area contributed by atoms with E-state index in [0.717, 1.165) is 43.0 Å². The number of nitrogens with zero attached hydrogens (tertiary/aromatic N) is 3. The van der Waals surface area contributed by atoms with Gasteiger partial charge in [0.05, 0.1) is 4.90 Å². The topological polar surface area (TPSA) is 55.9 Å². The molecule has 34 heavy (non-hydrogen) atoms. The molecule has 0 bridgehead atoms. The lowest BCUT2D eigenvalue weighted by molar-refractivity contribution is 0.187. The van der Waals surface area contributed by atoms with Crippen LogP contribution in [0.4, 0.5) is 11.4 Å². The Bertz CT molecular complexity index is 1170. The van der Waals surface area contributed by atoms with E-state index in [1.165, 1.54) is 5.69 Å². The first-order chi connectivity index (χ1) is 16.3. The van der Waals surface area contributed by atoms with E-state index in [1.54, 1.807) is 18.2 Å². The Labute approximate surface area is 203 Å². The molecule has 0 saturated carbocycles. The van der Waals surface area contributed by atoms with Crippen molar-refractivity contribution in [2.75, 3.05) is 56.6 Å². The number of aryl methyl sites for hydroxylation is 1. The summed E-state index contributed by atoms with van der Waals surface area (Å²) in [7, 11) is 0.443. The molecule has 1 fully saturated rings. The molecule has 7 heteroatoms. The fraction of sp³-hybridized carbons (Fsp3) is 0.333. The molecule has 1 heterocycles. The summed E-state index contributed by atoms with van der Waals surface area (Å²) in [6, 6.07) is 25.9. The van der Waals surface area contributed by atoms with Gasteiger partial charge in [0.2, 0.25) is 10.0 Å². The number of para-hydroxylation sites is 1. The molecule has 1 saturated heterocycles. The van der Waals surface area contributed by atoms with Crippen LogP contribution in [0.5, 0.6) is 0 Å². The van der Waals surface area contributed by atoms with Gasteiger partial charge in [-0.2, -0.15) is 0 Å². The molecule has 0 unspecified atom stereocenters. The molecule has 0 radical (unpaired) electrons. The minimum atomic E-state index is -3.60. The van der Waals surface area contributed by atoms with E-state index in [2.05, 4.69) is 68.0 Å². The monoisotopic (exact) mass is 478 g/mol. The number of piperazine rings is 1. The quantitative estimate of drug-likeness (QED) is 0.532. The molecule has 1 N–H and O–H groups in total. The van der Waals surface area contributed by atoms with Crippen molar-refractivity contribution in [2.45, 2.75) is 17.9 Å². The summed E-state index contributed by atoms with van der Waals surface area (Å²) >= 11 is 0. The maximum absolute atomic E-state index is 13.0. The largest absolute Gasteiger partial charge is 0.378 e. The number of nitrogens with one attached hydrogen (secondary N) is 1. The van der Waals surface area contributed by atoms with E-state index in [1.807, 2.05) is 33.2 Å². The summed E-state index contributed by atoms with van der Waals surface area (Å²) in [5.41, 5.74) is 4.40. The average Bonchev–Trinajstić information content (AvgIpc) is 2.85. The summed E-state index contributed by atoms with van der Waals surface area (Å²) in [6.45, 7) is 5.76. The summed E-state index contributed by atoms with van der Waals surface area (Å²) in [5, 5.41) is 0. The third-order valence-corrected chi connectivity index (χ3v) is 7.86. The highest BCUT2D eigenvalue weighted by atomic mass is 32.2. The lowest BCUT2D eigenvalue weighted by atomic mass is 10.0. The Morgan fingerprint density at radius 1 is 0.882 bits per heavy atom. The van der Waals surface area contributed by atoms with Crippen molar-refractivity contribution in [3.8, 4) is 0 Å². The first kappa shape index (κ1) is 24.3. The van der Waals surface area contributed by atoms with Crippen LogP contribution >= 0.6 is 0 Å². The average molecular weight is 479 g/mol. The maximum Gasteiger partial charge on any atom is 0.240 e. The second-order valence-electron chi connectivity index (χ2n) is 9.03. The van der Waals surface area contributed by atoms with Crippen molar-refractivity contribution in [1.82, 2.24) is 9.62 Å². The molecule has 0 amide bonds. The van der Waals surface area contributed by atoms with Gasteiger partial charge >= 0.3 is 0 Å². The van der Waals surface area contributed by atoms with E-state index in [9.17, 15) is 8.42 Å². The van der Waals surface area contributed by atoms with Gasteiger partial charge in [-0.1, -0.05) is 42.5 Å². The van der Waals surface area contributed by atoms with E-state index in [4.69, 9.17) is 0 Å². The van der Waals surface area contributed by atoms with Gasteiger partial charge in [0.1, 0.15) is 0 Å². The van der Waals surface area contributed by atoms with E-state index in [-0.39, 0.29) is 6.04 Å². The van der Waals surface area contributed by atoms with Crippen LogP contribution in [0.1, 0.15) is 17.2 Å². The Balaban J connectivity index is 1.52. The minimum absolute atomic E-state index is 0.0475. The normalized spacial score (nSPS) is 15.8. The molecular weight excluding hydrogens is 444 g/mol. The third kappa shape index (κ3) is 5.78. The Kier molecular flexibility index (Phi) is 7.56. The zero-order chi connectivity index (χ0) is 24.1. The van der Waals surface area contributed by atoms with Gasteiger partial charge < -0.3 is 9.80 Å². The Morgan fingerprint density at radius 3 is 2.18 bits per heavy atom. The number of benzene rings is 3. The minimum Gasteiger partial charge on any atom is -0.378 e. The van der Waals surface area contributed by atoms with Crippen molar-refractivity contribution < 1.29 is 8.42 Å². The lowest BCUT2D eigenvalue weighted by Crippen LogP contribution is -2.49. The fourth-order valence-corrected chi connectivity index (χ4v) is 5.58. The highest BCUT2D eigenvalue weighted by Gasteiger charge is 2.27. The molecule has 1 aliphatic rings. The second kappa shape index (κ2) is 10.6. The highest BCUT2D eigenvalue weighted by Crippen LogP contribution is 2.26. The summed E-state index contributed by atoms with van der Waals surface area (Å²) in [6.07, 6.45) is 0. The second-order valence-corrected chi connectivity index (χ2v) is 10.8. The van der Waals surface area contributed by atoms with E-state index in [0.29, 0.717) is 11.4 Å². The van der Waals surface area contributed by atoms with Crippen molar-refractivity contribution >= 4 is 21.4 Å². The van der Waals surface area contributed by atoms with Crippen molar-refractivity contribution in [2.24, 2.45) is 0 Å². The molecule has 1 aliphatic heterocycles. The molecule has 4 rings (SSSR count). The zero-order valence-electron chi connectivity index (χ0n) is 20.2. The van der Waals surface area contributed by atoms with Crippen molar-refractivity contribution in [3.05, 3.63) is 90.0 Å². The Morgan fingerprint density at radius 2 is 1.56 bits per heavy atom. The molecule has 1 atom stereocenters. The van der Waals surface area contributed by atoms with Crippen LogP contribution in [0.15, 0.2) is 83.8 Å². The van der Waals surface area contributed by atoms with Gasteiger partial charge in [-0.25, -0.2) is 13.1 Å². The Hall–Kier alpha value is -2.87. The zero-order valence-corrected chi connectivity index (χ0v) is 21.0. The van der Waals surface area contributed by atoms with Crippen molar-refractivity contribution in [3.63, 3.8) is 0 Å². The number of rotatable bonds is 8. The van der Waals surface area contributed by atoms with Gasteiger partial charge in [0, 0.05) is 64.2 Å².